The summed E-state index contributed by atoms with van der Waals surface area (Å²) in [6.07, 6.45) is 0. The van der Waals surface area contributed by atoms with Crippen molar-refractivity contribution in [3.05, 3.63) is 27.7 Å². The van der Waals surface area contributed by atoms with Gasteiger partial charge in [-0.1, -0.05) is 27.5 Å². The molecule has 24 heavy (non-hydrogen) atoms. The SMILES string of the molecule is CCN(Oc1cc(Cl)cc(Br)c1)C(=O)NC(C)(C)C(=O)NC(C)C. The summed E-state index contributed by atoms with van der Waals surface area (Å²) >= 11 is 9.29. The van der Waals surface area contributed by atoms with E-state index >= 15 is 0 Å². The van der Waals surface area contributed by atoms with E-state index in [4.69, 9.17) is 16.4 Å². The van der Waals surface area contributed by atoms with E-state index in [1.807, 2.05) is 13.8 Å². The van der Waals surface area contributed by atoms with E-state index in [9.17, 15) is 9.59 Å². The minimum Gasteiger partial charge on any atom is -0.375 e. The molecule has 134 valence electrons. The standard InChI is InChI=1S/C16H23BrClN3O3/c1-6-21(24-13-8-11(17)7-12(18)9-13)15(23)20-16(4,5)14(22)19-10(2)3/h7-10H,6H2,1-5H3,(H,19,22)(H,20,23). The Hall–Kier alpha value is -1.47. The Kier molecular flexibility index (Phi) is 7.35. The van der Waals surface area contributed by atoms with Gasteiger partial charge in [0.25, 0.3) is 0 Å². The third kappa shape index (κ3) is 6.20. The molecule has 0 aromatic heterocycles. The summed E-state index contributed by atoms with van der Waals surface area (Å²) in [5, 5.41) is 7.05. The minimum atomic E-state index is -1.08. The zero-order valence-electron chi connectivity index (χ0n) is 14.4. The molecule has 0 spiro atoms. The molecule has 1 rings (SSSR count). The van der Waals surface area contributed by atoms with Gasteiger partial charge in [-0.15, -0.1) is 0 Å². The average molecular weight is 421 g/mol. The number of hydrogen-bond acceptors (Lipinski definition) is 3. The quantitative estimate of drug-likeness (QED) is 0.689. The largest absolute Gasteiger partial charge is 0.375 e. The lowest BCUT2D eigenvalue weighted by atomic mass is 10.0. The molecule has 0 unspecified atom stereocenters. The molecule has 6 nitrogen and oxygen atoms in total. The fourth-order valence-corrected chi connectivity index (χ4v) is 2.62. The van der Waals surface area contributed by atoms with Crippen LogP contribution in [-0.2, 0) is 4.79 Å². The van der Waals surface area contributed by atoms with Crippen LogP contribution in [0, 0.1) is 0 Å². The molecule has 0 atom stereocenters. The first-order chi connectivity index (χ1) is 11.0. The van der Waals surface area contributed by atoms with Crippen molar-refractivity contribution in [2.24, 2.45) is 0 Å². The Morgan fingerprint density at radius 1 is 1.33 bits per heavy atom. The third-order valence-corrected chi connectivity index (χ3v) is 3.65. The van der Waals surface area contributed by atoms with E-state index in [0.29, 0.717) is 10.8 Å². The predicted octanol–water partition coefficient (Wildman–Crippen LogP) is 3.73. The van der Waals surface area contributed by atoms with Gasteiger partial charge in [-0.05, 0) is 46.8 Å². The highest BCUT2D eigenvalue weighted by molar-refractivity contribution is 9.10. The molecule has 0 radical (unpaired) electrons. The van der Waals surface area contributed by atoms with Gasteiger partial charge in [0.05, 0.1) is 6.54 Å². The zero-order chi connectivity index (χ0) is 18.5. The smallest absolute Gasteiger partial charge is 0.351 e. The van der Waals surface area contributed by atoms with E-state index in [2.05, 4.69) is 26.6 Å². The van der Waals surface area contributed by atoms with E-state index in [1.165, 1.54) is 0 Å². The molecule has 0 heterocycles. The van der Waals surface area contributed by atoms with E-state index in [1.54, 1.807) is 39.0 Å². The number of halogens is 2. The average Bonchev–Trinajstić information content (AvgIpc) is 2.42. The molecule has 0 aliphatic rings. The number of rotatable bonds is 6. The fraction of sp³-hybridized carbons (Fsp3) is 0.500. The molecule has 0 bridgehead atoms. The number of carbonyl (C=O) groups excluding carboxylic acids is 2. The Labute approximate surface area is 156 Å². The van der Waals surface area contributed by atoms with Crippen LogP contribution in [0.1, 0.15) is 34.6 Å². The summed E-state index contributed by atoms with van der Waals surface area (Å²) in [6.45, 7) is 9.03. The minimum absolute atomic E-state index is 0.0176. The van der Waals surface area contributed by atoms with Crippen molar-refractivity contribution in [3.63, 3.8) is 0 Å². The number of urea groups is 1. The monoisotopic (exact) mass is 419 g/mol. The lowest BCUT2D eigenvalue weighted by Crippen LogP contribution is -2.59. The van der Waals surface area contributed by atoms with E-state index in [-0.39, 0.29) is 18.5 Å². The van der Waals surface area contributed by atoms with Crippen LogP contribution in [-0.4, -0.2) is 35.1 Å². The highest BCUT2D eigenvalue weighted by Crippen LogP contribution is 2.25. The van der Waals surface area contributed by atoms with Crippen LogP contribution in [0.5, 0.6) is 5.75 Å². The number of carbonyl (C=O) groups is 2. The number of nitrogens with zero attached hydrogens (tertiary/aromatic N) is 1. The summed E-state index contributed by atoms with van der Waals surface area (Å²) in [4.78, 5) is 30.1. The molecular weight excluding hydrogens is 398 g/mol. The second-order valence-electron chi connectivity index (χ2n) is 6.07. The van der Waals surface area contributed by atoms with E-state index < -0.39 is 11.6 Å². The first-order valence-electron chi connectivity index (χ1n) is 7.60. The normalized spacial score (nSPS) is 11.2. The Bertz CT molecular complexity index is 588. The predicted molar refractivity (Wildman–Crippen MR) is 98.0 cm³/mol. The number of hydrogen-bond donors (Lipinski definition) is 2. The van der Waals surface area contributed by atoms with Gasteiger partial charge in [-0.2, -0.15) is 5.06 Å². The number of nitrogens with one attached hydrogen (secondary N) is 2. The van der Waals surface area contributed by atoms with Crippen molar-refractivity contribution in [1.29, 1.82) is 0 Å². The summed E-state index contributed by atoms with van der Waals surface area (Å²) in [7, 11) is 0. The molecule has 1 aromatic rings. The van der Waals surface area contributed by atoms with Gasteiger partial charge < -0.3 is 15.5 Å². The molecule has 0 aliphatic heterocycles. The number of amides is 3. The molecule has 1 aromatic carbocycles. The van der Waals surface area contributed by atoms with E-state index in [0.717, 1.165) is 9.54 Å². The Morgan fingerprint density at radius 3 is 2.46 bits per heavy atom. The second-order valence-corrected chi connectivity index (χ2v) is 7.43. The molecular formula is C16H23BrClN3O3. The highest BCUT2D eigenvalue weighted by Gasteiger charge is 2.32. The highest BCUT2D eigenvalue weighted by atomic mass is 79.9. The number of hydroxylamine groups is 2. The van der Waals surface area contributed by atoms with Crippen LogP contribution in [0.3, 0.4) is 0 Å². The topological polar surface area (TPSA) is 70.7 Å². The van der Waals surface area contributed by atoms with Crippen molar-refractivity contribution >= 4 is 39.5 Å². The number of benzene rings is 1. The van der Waals surface area contributed by atoms with Crippen LogP contribution < -0.4 is 15.5 Å². The van der Waals surface area contributed by atoms with Crippen LogP contribution in [0.25, 0.3) is 0 Å². The third-order valence-electron chi connectivity index (χ3n) is 2.97. The first-order valence-corrected chi connectivity index (χ1v) is 8.77. The van der Waals surface area contributed by atoms with Crippen LogP contribution >= 0.6 is 27.5 Å². The molecule has 3 amide bonds. The van der Waals surface area contributed by atoms with Crippen molar-refractivity contribution in [2.75, 3.05) is 6.54 Å². The van der Waals surface area contributed by atoms with Gasteiger partial charge in [-0.25, -0.2) is 4.79 Å². The van der Waals surface area contributed by atoms with Crippen molar-refractivity contribution in [2.45, 2.75) is 46.2 Å². The fourth-order valence-electron chi connectivity index (χ4n) is 1.79. The molecule has 0 aliphatic carbocycles. The van der Waals surface area contributed by atoms with Gasteiger partial charge >= 0.3 is 6.03 Å². The van der Waals surface area contributed by atoms with Gasteiger partial charge in [0.2, 0.25) is 5.91 Å². The molecule has 8 heteroatoms. The summed E-state index contributed by atoms with van der Waals surface area (Å²) in [5.74, 6) is 0.142. The van der Waals surface area contributed by atoms with Gasteiger partial charge in [0.1, 0.15) is 5.54 Å². The van der Waals surface area contributed by atoms with Crippen molar-refractivity contribution in [3.8, 4) is 5.75 Å². The molecule has 0 saturated heterocycles. The lowest BCUT2D eigenvalue weighted by Gasteiger charge is -2.29. The van der Waals surface area contributed by atoms with Crippen molar-refractivity contribution < 1.29 is 14.4 Å². The van der Waals surface area contributed by atoms with Crippen molar-refractivity contribution in [1.82, 2.24) is 15.7 Å². The van der Waals surface area contributed by atoms with Crippen LogP contribution in [0.15, 0.2) is 22.7 Å². The summed E-state index contributed by atoms with van der Waals surface area (Å²) < 4.78 is 0.734. The van der Waals surface area contributed by atoms with Gasteiger partial charge in [0.15, 0.2) is 5.75 Å². The Balaban J connectivity index is 2.80. The van der Waals surface area contributed by atoms with Crippen LogP contribution in [0.4, 0.5) is 4.79 Å². The van der Waals surface area contributed by atoms with Gasteiger partial charge in [0, 0.05) is 21.6 Å². The summed E-state index contributed by atoms with van der Waals surface area (Å²) in [6, 6.07) is 4.47. The zero-order valence-corrected chi connectivity index (χ0v) is 16.8. The van der Waals surface area contributed by atoms with Crippen LogP contribution in [0.2, 0.25) is 5.02 Å². The maximum Gasteiger partial charge on any atom is 0.351 e. The van der Waals surface area contributed by atoms with Gasteiger partial charge in [-0.3, -0.25) is 4.79 Å². The molecule has 2 N–H and O–H groups in total. The molecule has 0 fully saturated rings. The second kappa shape index (κ2) is 8.58. The maximum absolute atomic E-state index is 12.4. The first kappa shape index (κ1) is 20.6. The summed E-state index contributed by atoms with van der Waals surface area (Å²) in [5.41, 5.74) is -1.08. The molecule has 0 saturated carbocycles. The lowest BCUT2D eigenvalue weighted by molar-refractivity contribution is -0.126. The maximum atomic E-state index is 12.4. The Morgan fingerprint density at radius 2 is 1.96 bits per heavy atom.